The molecular formula is C22H27N3O. The molecule has 0 saturated carbocycles. The molecule has 2 saturated heterocycles. The molecule has 0 spiro atoms. The van der Waals surface area contributed by atoms with Crippen LogP contribution in [0.5, 0.6) is 0 Å². The molecule has 0 radical (unpaired) electrons. The van der Waals surface area contributed by atoms with Gasteiger partial charge in [0.05, 0.1) is 6.54 Å². The number of hydrogen-bond acceptors (Lipinski definition) is 3. The van der Waals surface area contributed by atoms with Crippen molar-refractivity contribution in [1.29, 1.82) is 0 Å². The third-order valence-electron chi connectivity index (χ3n) is 5.81. The number of carbonyl (C=O) groups is 1. The van der Waals surface area contributed by atoms with Crippen LogP contribution in [0.4, 0.5) is 0 Å². The molecular weight excluding hydrogens is 322 g/mol. The number of likely N-dealkylation sites (tertiary alicyclic amines) is 2. The second-order valence-electron chi connectivity index (χ2n) is 7.68. The highest BCUT2D eigenvalue weighted by atomic mass is 16.2. The Hall–Kier alpha value is -2.17. The van der Waals surface area contributed by atoms with Crippen LogP contribution in [0.15, 0.2) is 60.7 Å². The molecule has 2 aliphatic rings. The minimum Gasteiger partial charge on any atom is -0.351 e. The summed E-state index contributed by atoms with van der Waals surface area (Å²) in [5, 5.41) is 3.05. The van der Waals surface area contributed by atoms with Crippen LogP contribution in [0.2, 0.25) is 0 Å². The fourth-order valence-electron chi connectivity index (χ4n) is 4.69. The predicted octanol–water partition coefficient (Wildman–Crippen LogP) is 2.54. The smallest absolute Gasteiger partial charge is 0.234 e. The molecule has 0 unspecified atom stereocenters. The van der Waals surface area contributed by atoms with Gasteiger partial charge < -0.3 is 5.32 Å². The molecule has 136 valence electrons. The topological polar surface area (TPSA) is 35.6 Å². The molecule has 2 aromatic carbocycles. The Bertz CT molecular complexity index is 734. The van der Waals surface area contributed by atoms with Gasteiger partial charge in [-0.3, -0.25) is 14.6 Å². The average Bonchev–Trinajstić information content (AvgIpc) is 3.17. The number of nitrogens with zero attached hydrogens (tertiary/aromatic N) is 2. The summed E-state index contributed by atoms with van der Waals surface area (Å²) in [5.41, 5.74) is 2.54. The number of carbonyl (C=O) groups excluding carboxylic acids is 1. The molecule has 1 amide bonds. The van der Waals surface area contributed by atoms with Crippen LogP contribution in [-0.4, -0.2) is 48.9 Å². The highest BCUT2D eigenvalue weighted by Gasteiger charge is 2.46. The van der Waals surface area contributed by atoms with Crippen LogP contribution < -0.4 is 5.32 Å². The van der Waals surface area contributed by atoms with Crippen molar-refractivity contribution < 1.29 is 4.79 Å². The van der Waals surface area contributed by atoms with Crippen LogP contribution in [0, 0.1) is 11.8 Å². The lowest BCUT2D eigenvalue weighted by Crippen LogP contribution is -2.37. The number of nitrogens with one attached hydrogen (secondary N) is 1. The molecule has 4 heteroatoms. The molecule has 0 aromatic heterocycles. The van der Waals surface area contributed by atoms with Gasteiger partial charge in [-0.2, -0.15) is 0 Å². The third-order valence-corrected chi connectivity index (χ3v) is 5.81. The Morgan fingerprint density at radius 2 is 1.69 bits per heavy atom. The lowest BCUT2D eigenvalue weighted by atomic mass is 9.90. The maximum absolute atomic E-state index is 12.3. The summed E-state index contributed by atoms with van der Waals surface area (Å²) in [5.74, 6) is 1.40. The molecule has 4 nitrogen and oxygen atoms in total. The van der Waals surface area contributed by atoms with Crippen molar-refractivity contribution in [2.45, 2.75) is 12.6 Å². The number of benzene rings is 2. The standard InChI is InChI=1S/C22H27N3O/c1-24-13-19-14-25(15-20(19)22(24)18-10-6-3-7-11-18)16-21(26)23-12-17-8-4-2-5-9-17/h2-11,19-20,22H,12-16H2,1H3,(H,23,26)/t19-,20+,22-/m0/s1. The zero-order chi connectivity index (χ0) is 17.9. The maximum Gasteiger partial charge on any atom is 0.234 e. The number of hydrogen-bond donors (Lipinski definition) is 1. The first-order valence-corrected chi connectivity index (χ1v) is 9.49. The van der Waals surface area contributed by atoms with Crippen molar-refractivity contribution in [2.24, 2.45) is 11.8 Å². The number of fused-ring (bicyclic) bond motifs is 1. The van der Waals surface area contributed by atoms with Crippen molar-refractivity contribution in [3.8, 4) is 0 Å². The first kappa shape index (κ1) is 17.3. The van der Waals surface area contributed by atoms with Gasteiger partial charge in [0.1, 0.15) is 0 Å². The van der Waals surface area contributed by atoms with E-state index < -0.39 is 0 Å². The summed E-state index contributed by atoms with van der Waals surface area (Å²) in [4.78, 5) is 17.2. The minimum atomic E-state index is 0.124. The van der Waals surface area contributed by atoms with Gasteiger partial charge in [0, 0.05) is 32.2 Å². The van der Waals surface area contributed by atoms with Crippen molar-refractivity contribution >= 4 is 5.91 Å². The zero-order valence-electron chi connectivity index (χ0n) is 15.3. The largest absolute Gasteiger partial charge is 0.351 e. The zero-order valence-corrected chi connectivity index (χ0v) is 15.3. The van der Waals surface area contributed by atoms with E-state index in [-0.39, 0.29) is 5.91 Å². The van der Waals surface area contributed by atoms with Crippen LogP contribution in [0.25, 0.3) is 0 Å². The van der Waals surface area contributed by atoms with Crippen LogP contribution in [0.1, 0.15) is 17.2 Å². The number of rotatable bonds is 5. The van der Waals surface area contributed by atoms with E-state index in [9.17, 15) is 4.79 Å². The van der Waals surface area contributed by atoms with E-state index in [1.165, 1.54) is 5.56 Å². The van der Waals surface area contributed by atoms with Crippen LogP contribution >= 0.6 is 0 Å². The van der Waals surface area contributed by atoms with Gasteiger partial charge in [0.25, 0.3) is 0 Å². The fourth-order valence-corrected chi connectivity index (χ4v) is 4.69. The SMILES string of the molecule is CN1C[C@H]2CN(CC(=O)NCc3ccccc3)C[C@H]2[C@@H]1c1ccccc1. The average molecular weight is 349 g/mol. The summed E-state index contributed by atoms with van der Waals surface area (Å²) in [6, 6.07) is 21.4. The summed E-state index contributed by atoms with van der Waals surface area (Å²) >= 11 is 0. The molecule has 2 fully saturated rings. The van der Waals surface area contributed by atoms with E-state index in [1.807, 2.05) is 30.3 Å². The normalized spacial score (nSPS) is 26.0. The second kappa shape index (κ2) is 7.60. The van der Waals surface area contributed by atoms with E-state index in [4.69, 9.17) is 0 Å². The molecule has 26 heavy (non-hydrogen) atoms. The summed E-state index contributed by atoms with van der Waals surface area (Å²) in [6.45, 7) is 4.26. The van der Waals surface area contributed by atoms with Gasteiger partial charge >= 0.3 is 0 Å². The predicted molar refractivity (Wildman–Crippen MR) is 104 cm³/mol. The molecule has 4 rings (SSSR count). The summed E-state index contributed by atoms with van der Waals surface area (Å²) in [7, 11) is 2.23. The Morgan fingerprint density at radius 3 is 2.42 bits per heavy atom. The molecule has 3 atom stereocenters. The van der Waals surface area contributed by atoms with E-state index >= 15 is 0 Å². The van der Waals surface area contributed by atoms with Gasteiger partial charge in [-0.25, -0.2) is 0 Å². The van der Waals surface area contributed by atoms with Crippen molar-refractivity contribution in [3.05, 3.63) is 71.8 Å². The Labute approximate surface area is 155 Å². The highest BCUT2D eigenvalue weighted by molar-refractivity contribution is 5.78. The van der Waals surface area contributed by atoms with Gasteiger partial charge in [-0.1, -0.05) is 60.7 Å². The monoisotopic (exact) mass is 349 g/mol. The van der Waals surface area contributed by atoms with E-state index in [1.54, 1.807) is 0 Å². The van der Waals surface area contributed by atoms with Crippen molar-refractivity contribution in [3.63, 3.8) is 0 Å². The minimum absolute atomic E-state index is 0.124. The third kappa shape index (κ3) is 3.67. The second-order valence-corrected chi connectivity index (χ2v) is 7.68. The molecule has 2 aromatic rings. The van der Waals surface area contributed by atoms with Gasteiger partial charge in [-0.15, -0.1) is 0 Å². The van der Waals surface area contributed by atoms with E-state index in [0.717, 1.165) is 25.2 Å². The van der Waals surface area contributed by atoms with Crippen LogP contribution in [-0.2, 0) is 11.3 Å². The Morgan fingerprint density at radius 1 is 1.00 bits per heavy atom. The number of amides is 1. The highest BCUT2D eigenvalue weighted by Crippen LogP contribution is 2.43. The van der Waals surface area contributed by atoms with Crippen molar-refractivity contribution in [1.82, 2.24) is 15.1 Å². The molecule has 1 N–H and O–H groups in total. The quantitative estimate of drug-likeness (QED) is 0.901. The Balaban J connectivity index is 1.33. The fraction of sp³-hybridized carbons (Fsp3) is 0.409. The Kier molecular flexibility index (Phi) is 5.05. The molecule has 2 aliphatic heterocycles. The summed E-state index contributed by atoms with van der Waals surface area (Å²) in [6.07, 6.45) is 0. The molecule has 2 heterocycles. The lowest BCUT2D eigenvalue weighted by Gasteiger charge is -2.26. The van der Waals surface area contributed by atoms with Gasteiger partial charge in [0.2, 0.25) is 5.91 Å². The van der Waals surface area contributed by atoms with Crippen LogP contribution in [0.3, 0.4) is 0 Å². The van der Waals surface area contributed by atoms with E-state index in [0.29, 0.717) is 31.0 Å². The van der Waals surface area contributed by atoms with Gasteiger partial charge in [0.15, 0.2) is 0 Å². The molecule has 0 aliphatic carbocycles. The first-order valence-electron chi connectivity index (χ1n) is 9.49. The summed E-state index contributed by atoms with van der Waals surface area (Å²) < 4.78 is 0. The van der Waals surface area contributed by atoms with Crippen molar-refractivity contribution in [2.75, 3.05) is 33.2 Å². The first-order chi connectivity index (χ1) is 12.7. The van der Waals surface area contributed by atoms with Gasteiger partial charge in [-0.05, 0) is 30.0 Å². The maximum atomic E-state index is 12.3. The molecule has 0 bridgehead atoms. The van der Waals surface area contributed by atoms with E-state index in [2.05, 4.69) is 52.5 Å². The lowest BCUT2D eigenvalue weighted by molar-refractivity contribution is -0.122.